The molecule has 0 aliphatic rings. The maximum Gasteiger partial charge on any atom is 0.131 e. The van der Waals surface area contributed by atoms with Crippen LogP contribution >= 0.6 is 0 Å². The molecule has 0 aromatic carbocycles. The van der Waals surface area contributed by atoms with Crippen LogP contribution in [-0.2, 0) is 6.54 Å². The van der Waals surface area contributed by atoms with E-state index in [0.717, 1.165) is 36.8 Å². The maximum absolute atomic E-state index is 4.44. The number of anilines is 2. The van der Waals surface area contributed by atoms with Crippen molar-refractivity contribution >= 4 is 11.6 Å². The molecule has 6 nitrogen and oxygen atoms in total. The van der Waals surface area contributed by atoms with Gasteiger partial charge in [0.2, 0.25) is 0 Å². The fourth-order valence-electron chi connectivity index (χ4n) is 1.94. The monoisotopic (exact) mass is 260 g/mol. The van der Waals surface area contributed by atoms with Crippen LogP contribution < -0.4 is 10.6 Å². The number of nitrogens with one attached hydrogen (secondary N) is 2. The average molecular weight is 260 g/mol. The van der Waals surface area contributed by atoms with Crippen molar-refractivity contribution in [2.45, 2.75) is 26.8 Å². The van der Waals surface area contributed by atoms with E-state index in [9.17, 15) is 0 Å². The van der Waals surface area contributed by atoms with Crippen LogP contribution in [-0.4, -0.2) is 33.3 Å². The number of hydrogen-bond acceptors (Lipinski definition) is 5. The first-order chi connectivity index (χ1) is 9.19. The molecule has 2 heterocycles. The van der Waals surface area contributed by atoms with Crippen molar-refractivity contribution in [1.29, 1.82) is 0 Å². The molecule has 0 spiro atoms. The number of rotatable bonds is 6. The average Bonchev–Trinajstić information content (AvgIpc) is 2.73. The van der Waals surface area contributed by atoms with Crippen molar-refractivity contribution in [3.63, 3.8) is 0 Å². The summed E-state index contributed by atoms with van der Waals surface area (Å²) < 4.78 is 2.04. The second kappa shape index (κ2) is 6.17. The van der Waals surface area contributed by atoms with Crippen LogP contribution in [0.5, 0.6) is 0 Å². The van der Waals surface area contributed by atoms with E-state index in [1.165, 1.54) is 5.69 Å². The van der Waals surface area contributed by atoms with E-state index in [2.05, 4.69) is 38.7 Å². The minimum absolute atomic E-state index is 0.816. The molecule has 0 atom stereocenters. The third-order valence-electron chi connectivity index (χ3n) is 2.88. The predicted octanol–water partition coefficient (Wildman–Crippen LogP) is 1.83. The van der Waals surface area contributed by atoms with Gasteiger partial charge in [0.1, 0.15) is 18.0 Å². The molecule has 0 saturated heterocycles. The van der Waals surface area contributed by atoms with E-state index in [1.54, 1.807) is 6.33 Å². The fraction of sp³-hybridized carbons (Fsp3) is 0.462. The molecule has 0 aliphatic heterocycles. The van der Waals surface area contributed by atoms with Crippen LogP contribution in [0.1, 0.15) is 17.8 Å². The number of nitrogens with zero attached hydrogens (tertiary/aromatic N) is 4. The van der Waals surface area contributed by atoms with E-state index in [4.69, 9.17) is 0 Å². The maximum atomic E-state index is 4.44. The fourth-order valence-corrected chi connectivity index (χ4v) is 1.94. The Morgan fingerprint density at radius 1 is 1.16 bits per heavy atom. The van der Waals surface area contributed by atoms with Crippen molar-refractivity contribution in [2.24, 2.45) is 0 Å². The standard InChI is InChI=1S/C13H20N6/c1-10-7-11(2)19(18-10)6-4-5-15-13-8-12(14-3)16-9-17-13/h7-9H,4-6H2,1-3H3,(H2,14,15,16,17). The van der Waals surface area contributed by atoms with Gasteiger partial charge in [0.15, 0.2) is 0 Å². The molecular weight excluding hydrogens is 240 g/mol. The Morgan fingerprint density at radius 2 is 1.95 bits per heavy atom. The predicted molar refractivity (Wildman–Crippen MR) is 76.4 cm³/mol. The molecule has 6 heteroatoms. The normalized spacial score (nSPS) is 10.5. The minimum Gasteiger partial charge on any atom is -0.373 e. The van der Waals surface area contributed by atoms with Crippen molar-refractivity contribution in [1.82, 2.24) is 19.7 Å². The van der Waals surface area contributed by atoms with Crippen LogP contribution in [0.3, 0.4) is 0 Å². The number of hydrogen-bond donors (Lipinski definition) is 2. The van der Waals surface area contributed by atoms with Crippen LogP contribution in [0.4, 0.5) is 11.6 Å². The lowest BCUT2D eigenvalue weighted by Gasteiger charge is -2.07. The Balaban J connectivity index is 1.79. The molecule has 0 amide bonds. The van der Waals surface area contributed by atoms with E-state index in [-0.39, 0.29) is 0 Å². The van der Waals surface area contributed by atoms with Gasteiger partial charge in [-0.15, -0.1) is 0 Å². The van der Waals surface area contributed by atoms with E-state index >= 15 is 0 Å². The van der Waals surface area contributed by atoms with Crippen molar-refractivity contribution < 1.29 is 0 Å². The lowest BCUT2D eigenvalue weighted by atomic mass is 10.4. The van der Waals surface area contributed by atoms with Crippen molar-refractivity contribution in [3.8, 4) is 0 Å². The molecule has 2 N–H and O–H groups in total. The Morgan fingerprint density at radius 3 is 2.63 bits per heavy atom. The van der Waals surface area contributed by atoms with Crippen LogP contribution in [0, 0.1) is 13.8 Å². The van der Waals surface area contributed by atoms with Crippen LogP contribution in [0.25, 0.3) is 0 Å². The molecule has 0 radical (unpaired) electrons. The Labute approximate surface area is 113 Å². The first kappa shape index (κ1) is 13.3. The van der Waals surface area contributed by atoms with Gasteiger partial charge in [-0.1, -0.05) is 0 Å². The molecule has 2 aromatic heterocycles. The van der Waals surface area contributed by atoms with Gasteiger partial charge in [-0.25, -0.2) is 9.97 Å². The molecule has 0 bridgehead atoms. The molecule has 0 unspecified atom stereocenters. The van der Waals surface area contributed by atoms with E-state index in [0.29, 0.717) is 0 Å². The number of aryl methyl sites for hydroxylation is 3. The zero-order valence-corrected chi connectivity index (χ0v) is 11.6. The summed E-state index contributed by atoms with van der Waals surface area (Å²) in [4.78, 5) is 8.24. The van der Waals surface area contributed by atoms with E-state index in [1.807, 2.05) is 24.7 Å². The molecule has 0 saturated carbocycles. The molecule has 0 aliphatic carbocycles. The molecule has 102 valence electrons. The van der Waals surface area contributed by atoms with Gasteiger partial charge in [-0.3, -0.25) is 4.68 Å². The van der Waals surface area contributed by atoms with E-state index < -0.39 is 0 Å². The molecule has 2 aromatic rings. The van der Waals surface area contributed by atoms with Crippen molar-refractivity contribution in [2.75, 3.05) is 24.2 Å². The molecular formula is C13H20N6. The van der Waals surface area contributed by atoms with Gasteiger partial charge in [0.25, 0.3) is 0 Å². The second-order valence-corrected chi connectivity index (χ2v) is 4.47. The summed E-state index contributed by atoms with van der Waals surface area (Å²) in [5.74, 6) is 1.66. The lowest BCUT2D eigenvalue weighted by Crippen LogP contribution is -2.10. The summed E-state index contributed by atoms with van der Waals surface area (Å²) >= 11 is 0. The van der Waals surface area contributed by atoms with Gasteiger partial charge in [-0.05, 0) is 26.3 Å². The quantitative estimate of drug-likeness (QED) is 0.776. The Hall–Kier alpha value is -2.11. The molecule has 19 heavy (non-hydrogen) atoms. The topological polar surface area (TPSA) is 67.7 Å². The number of aromatic nitrogens is 4. The zero-order valence-electron chi connectivity index (χ0n) is 11.6. The van der Waals surface area contributed by atoms with Gasteiger partial charge in [0, 0.05) is 31.9 Å². The highest BCUT2D eigenvalue weighted by atomic mass is 15.3. The summed E-state index contributed by atoms with van der Waals surface area (Å²) in [6.07, 6.45) is 2.55. The van der Waals surface area contributed by atoms with Gasteiger partial charge >= 0.3 is 0 Å². The summed E-state index contributed by atoms with van der Waals surface area (Å²) in [7, 11) is 1.84. The summed E-state index contributed by atoms with van der Waals surface area (Å²) in [5.41, 5.74) is 2.27. The third-order valence-corrected chi connectivity index (χ3v) is 2.88. The second-order valence-electron chi connectivity index (χ2n) is 4.47. The summed E-state index contributed by atoms with van der Waals surface area (Å²) in [5, 5.41) is 10.7. The largest absolute Gasteiger partial charge is 0.373 e. The van der Waals surface area contributed by atoms with Gasteiger partial charge in [0.05, 0.1) is 5.69 Å². The van der Waals surface area contributed by atoms with Crippen LogP contribution in [0.2, 0.25) is 0 Å². The minimum atomic E-state index is 0.816. The highest BCUT2D eigenvalue weighted by Crippen LogP contribution is 2.08. The van der Waals surface area contributed by atoms with Gasteiger partial charge in [-0.2, -0.15) is 5.10 Å². The Bertz CT molecular complexity index is 534. The molecule has 2 rings (SSSR count). The van der Waals surface area contributed by atoms with Crippen molar-refractivity contribution in [3.05, 3.63) is 29.8 Å². The highest BCUT2D eigenvalue weighted by Gasteiger charge is 2.00. The third kappa shape index (κ3) is 3.67. The van der Waals surface area contributed by atoms with Gasteiger partial charge < -0.3 is 10.6 Å². The first-order valence-electron chi connectivity index (χ1n) is 6.44. The highest BCUT2D eigenvalue weighted by molar-refractivity contribution is 5.45. The summed E-state index contributed by atoms with van der Waals surface area (Å²) in [6.45, 7) is 5.87. The first-order valence-corrected chi connectivity index (χ1v) is 6.44. The SMILES string of the molecule is CNc1cc(NCCCn2nc(C)cc2C)ncn1. The summed E-state index contributed by atoms with van der Waals surface area (Å²) in [6, 6.07) is 3.99. The smallest absolute Gasteiger partial charge is 0.131 e. The lowest BCUT2D eigenvalue weighted by molar-refractivity contribution is 0.573. The van der Waals surface area contributed by atoms with Crippen LogP contribution in [0.15, 0.2) is 18.5 Å². The zero-order chi connectivity index (χ0) is 13.7. The molecule has 0 fully saturated rings. The Kier molecular flexibility index (Phi) is 4.33.